The van der Waals surface area contributed by atoms with Crippen LogP contribution >= 0.6 is 0 Å². The summed E-state index contributed by atoms with van der Waals surface area (Å²) in [6.07, 6.45) is 3.99. The Balaban J connectivity index is 1.97. The Bertz CT molecular complexity index is 505. The highest BCUT2D eigenvalue weighted by molar-refractivity contribution is 7.89. The van der Waals surface area contributed by atoms with Crippen molar-refractivity contribution in [1.29, 1.82) is 0 Å². The van der Waals surface area contributed by atoms with Crippen LogP contribution in [0.3, 0.4) is 0 Å². The fourth-order valence-corrected chi connectivity index (χ4v) is 3.55. The number of aromatic nitrogens is 2. The Hall–Kier alpha value is -0.960. The third-order valence-electron chi connectivity index (χ3n) is 3.30. The first-order chi connectivity index (χ1) is 9.04. The van der Waals surface area contributed by atoms with Crippen molar-refractivity contribution in [3.8, 4) is 0 Å². The third-order valence-corrected chi connectivity index (χ3v) is 5.08. The minimum atomic E-state index is -3.44. The van der Waals surface area contributed by atoms with Crippen molar-refractivity contribution >= 4 is 10.0 Å². The summed E-state index contributed by atoms with van der Waals surface area (Å²) in [6.45, 7) is 4.16. The highest BCUT2D eigenvalue weighted by Gasteiger charge is 2.29. The number of rotatable bonds is 5. The molecular weight excluding hydrogens is 266 g/mol. The molecule has 1 aliphatic rings. The standard InChI is InChI=1S/C11H21N5O2S/c1-14-9-11(13-10-14)19(17,18)16-7-5-15(6-8-16)4-2-3-12/h9-10H,2-8,12H2,1H3. The van der Waals surface area contributed by atoms with Gasteiger partial charge in [-0.1, -0.05) is 0 Å². The summed E-state index contributed by atoms with van der Waals surface area (Å²) in [6, 6.07) is 0. The molecule has 1 aromatic heterocycles. The lowest BCUT2D eigenvalue weighted by Gasteiger charge is -2.33. The lowest BCUT2D eigenvalue weighted by Crippen LogP contribution is -2.49. The van der Waals surface area contributed by atoms with E-state index in [0.717, 1.165) is 26.1 Å². The molecule has 0 radical (unpaired) electrons. The first kappa shape index (κ1) is 14.4. The van der Waals surface area contributed by atoms with Crippen LogP contribution in [0.15, 0.2) is 17.6 Å². The zero-order chi connectivity index (χ0) is 13.9. The number of nitrogens with zero attached hydrogens (tertiary/aromatic N) is 4. The Morgan fingerprint density at radius 2 is 2.00 bits per heavy atom. The molecule has 1 aliphatic heterocycles. The summed E-state index contributed by atoms with van der Waals surface area (Å²) in [5.74, 6) is 0. The van der Waals surface area contributed by atoms with Gasteiger partial charge in [0.25, 0.3) is 10.0 Å². The van der Waals surface area contributed by atoms with Crippen LogP contribution in [0.2, 0.25) is 0 Å². The van der Waals surface area contributed by atoms with Crippen LogP contribution in [0.25, 0.3) is 0 Å². The zero-order valence-electron chi connectivity index (χ0n) is 11.2. The van der Waals surface area contributed by atoms with Crippen LogP contribution in [0, 0.1) is 0 Å². The molecule has 2 rings (SSSR count). The highest BCUT2D eigenvalue weighted by atomic mass is 32.2. The number of piperazine rings is 1. The van der Waals surface area contributed by atoms with Gasteiger partial charge < -0.3 is 15.2 Å². The van der Waals surface area contributed by atoms with Gasteiger partial charge in [-0.25, -0.2) is 13.4 Å². The van der Waals surface area contributed by atoms with E-state index >= 15 is 0 Å². The molecule has 7 nitrogen and oxygen atoms in total. The normalized spacial score (nSPS) is 18.8. The Labute approximate surface area is 114 Å². The van der Waals surface area contributed by atoms with Gasteiger partial charge in [-0.2, -0.15) is 4.31 Å². The van der Waals surface area contributed by atoms with E-state index in [0.29, 0.717) is 19.6 Å². The molecule has 1 fully saturated rings. The molecule has 19 heavy (non-hydrogen) atoms. The topological polar surface area (TPSA) is 84.5 Å². The first-order valence-electron chi connectivity index (χ1n) is 6.44. The van der Waals surface area contributed by atoms with Crippen molar-refractivity contribution in [2.24, 2.45) is 12.8 Å². The largest absolute Gasteiger partial charge is 0.339 e. The molecule has 2 heterocycles. The number of imidazole rings is 1. The van der Waals surface area contributed by atoms with E-state index in [9.17, 15) is 8.42 Å². The number of sulfonamides is 1. The van der Waals surface area contributed by atoms with E-state index in [2.05, 4.69) is 9.88 Å². The van der Waals surface area contributed by atoms with E-state index < -0.39 is 10.0 Å². The van der Waals surface area contributed by atoms with Crippen LogP contribution in [0.4, 0.5) is 0 Å². The second-order valence-electron chi connectivity index (χ2n) is 4.77. The molecule has 108 valence electrons. The Kier molecular flexibility index (Phi) is 4.56. The van der Waals surface area contributed by atoms with E-state index in [1.165, 1.54) is 16.8 Å². The number of aryl methyl sites for hydroxylation is 1. The molecule has 8 heteroatoms. The van der Waals surface area contributed by atoms with Gasteiger partial charge in [-0.3, -0.25) is 0 Å². The van der Waals surface area contributed by atoms with Gasteiger partial charge in [-0.15, -0.1) is 0 Å². The number of hydrogen-bond donors (Lipinski definition) is 1. The number of hydrogen-bond acceptors (Lipinski definition) is 5. The van der Waals surface area contributed by atoms with E-state index in [1.54, 1.807) is 11.6 Å². The van der Waals surface area contributed by atoms with Crippen LogP contribution in [-0.4, -0.2) is 66.4 Å². The molecule has 0 saturated carbocycles. The average Bonchev–Trinajstić information content (AvgIpc) is 2.84. The maximum absolute atomic E-state index is 12.3. The summed E-state index contributed by atoms with van der Waals surface area (Å²) < 4.78 is 27.8. The van der Waals surface area contributed by atoms with Gasteiger partial charge in [0.15, 0.2) is 5.03 Å². The van der Waals surface area contributed by atoms with Crippen molar-refractivity contribution < 1.29 is 8.42 Å². The fraction of sp³-hybridized carbons (Fsp3) is 0.727. The fourth-order valence-electron chi connectivity index (χ4n) is 2.16. The molecule has 0 bridgehead atoms. The first-order valence-corrected chi connectivity index (χ1v) is 7.88. The predicted octanol–water partition coefficient (Wildman–Crippen LogP) is -0.925. The molecule has 2 N–H and O–H groups in total. The maximum Gasteiger partial charge on any atom is 0.262 e. The third kappa shape index (κ3) is 3.33. The van der Waals surface area contributed by atoms with Gasteiger partial charge in [0, 0.05) is 39.4 Å². The van der Waals surface area contributed by atoms with Crippen LogP contribution < -0.4 is 5.73 Å². The molecule has 0 aromatic carbocycles. The summed E-state index contributed by atoms with van der Waals surface area (Å²) in [5, 5.41) is 0.130. The average molecular weight is 287 g/mol. The maximum atomic E-state index is 12.3. The van der Waals surface area contributed by atoms with E-state index in [-0.39, 0.29) is 5.03 Å². The van der Waals surface area contributed by atoms with Crippen molar-refractivity contribution in [1.82, 2.24) is 18.8 Å². The minimum absolute atomic E-state index is 0.130. The Morgan fingerprint density at radius 1 is 1.32 bits per heavy atom. The van der Waals surface area contributed by atoms with Gasteiger partial charge in [0.05, 0.1) is 6.33 Å². The van der Waals surface area contributed by atoms with Gasteiger partial charge in [0.1, 0.15) is 0 Å². The molecular formula is C11H21N5O2S. The lowest BCUT2D eigenvalue weighted by molar-refractivity contribution is 0.187. The molecule has 0 aliphatic carbocycles. The summed E-state index contributed by atoms with van der Waals surface area (Å²) in [4.78, 5) is 6.18. The van der Waals surface area contributed by atoms with Crippen LogP contribution in [0.5, 0.6) is 0 Å². The molecule has 1 saturated heterocycles. The highest BCUT2D eigenvalue weighted by Crippen LogP contribution is 2.15. The van der Waals surface area contributed by atoms with Gasteiger partial charge >= 0.3 is 0 Å². The lowest BCUT2D eigenvalue weighted by atomic mass is 10.3. The molecule has 1 aromatic rings. The minimum Gasteiger partial charge on any atom is -0.339 e. The quantitative estimate of drug-likeness (QED) is 0.757. The zero-order valence-corrected chi connectivity index (χ0v) is 12.0. The number of nitrogens with two attached hydrogens (primary N) is 1. The van der Waals surface area contributed by atoms with Crippen molar-refractivity contribution in [3.05, 3.63) is 12.5 Å². The van der Waals surface area contributed by atoms with Crippen LogP contribution in [-0.2, 0) is 17.1 Å². The van der Waals surface area contributed by atoms with Crippen molar-refractivity contribution in [3.63, 3.8) is 0 Å². The smallest absolute Gasteiger partial charge is 0.262 e. The summed E-state index contributed by atoms with van der Waals surface area (Å²) in [5.41, 5.74) is 5.48. The summed E-state index contributed by atoms with van der Waals surface area (Å²) >= 11 is 0. The predicted molar refractivity (Wildman–Crippen MR) is 72.1 cm³/mol. The van der Waals surface area contributed by atoms with Gasteiger partial charge in [0.2, 0.25) is 0 Å². The monoisotopic (exact) mass is 287 g/mol. The van der Waals surface area contributed by atoms with Crippen molar-refractivity contribution in [2.45, 2.75) is 11.4 Å². The molecule has 0 unspecified atom stereocenters. The molecule has 0 spiro atoms. The van der Waals surface area contributed by atoms with E-state index in [4.69, 9.17) is 5.73 Å². The summed E-state index contributed by atoms with van der Waals surface area (Å²) in [7, 11) is -1.67. The second-order valence-corrected chi connectivity index (χ2v) is 6.65. The van der Waals surface area contributed by atoms with Gasteiger partial charge in [-0.05, 0) is 19.5 Å². The van der Waals surface area contributed by atoms with E-state index in [1.807, 2.05) is 0 Å². The molecule has 0 atom stereocenters. The van der Waals surface area contributed by atoms with Crippen LogP contribution in [0.1, 0.15) is 6.42 Å². The molecule has 0 amide bonds. The second kappa shape index (κ2) is 6.00. The SMILES string of the molecule is Cn1cnc(S(=O)(=O)N2CCN(CCCN)CC2)c1. The Morgan fingerprint density at radius 3 is 2.53 bits per heavy atom. The van der Waals surface area contributed by atoms with Crippen molar-refractivity contribution in [2.75, 3.05) is 39.3 Å².